The third-order valence-corrected chi connectivity index (χ3v) is 2.11. The summed E-state index contributed by atoms with van der Waals surface area (Å²) in [4.78, 5) is 21.8. The van der Waals surface area contributed by atoms with Crippen molar-refractivity contribution >= 4 is 5.97 Å². The molecule has 2 rings (SSSR count). The second kappa shape index (κ2) is 3.98. The number of carboxylic acid groups (broad SMARTS) is 1. The Bertz CT molecular complexity index is 590. The van der Waals surface area contributed by atoms with E-state index in [1.807, 2.05) is 0 Å². The van der Waals surface area contributed by atoms with Crippen molar-refractivity contribution < 1.29 is 9.90 Å². The lowest BCUT2D eigenvalue weighted by molar-refractivity contribution is 0.0697. The smallest absolute Gasteiger partial charge is 0.335 e. The molecule has 1 heterocycles. The first-order valence-electron chi connectivity index (χ1n) is 4.55. The number of hydrogen-bond donors (Lipinski definition) is 2. The molecule has 5 nitrogen and oxygen atoms in total. The first-order chi connectivity index (χ1) is 7.66. The van der Waals surface area contributed by atoms with Gasteiger partial charge in [-0.25, -0.2) is 9.89 Å². The number of nitrogens with zero attached hydrogens (tertiary/aromatic N) is 1. The van der Waals surface area contributed by atoms with Crippen LogP contribution in [0.25, 0.3) is 11.1 Å². The number of hydrogen-bond acceptors (Lipinski definition) is 3. The number of carboxylic acids is 1. The summed E-state index contributed by atoms with van der Waals surface area (Å²) in [6.45, 7) is 0. The molecule has 0 fully saturated rings. The van der Waals surface area contributed by atoms with Crippen molar-refractivity contribution in [3.8, 4) is 11.1 Å². The van der Waals surface area contributed by atoms with Crippen molar-refractivity contribution in [2.75, 3.05) is 0 Å². The van der Waals surface area contributed by atoms with E-state index < -0.39 is 5.97 Å². The molecule has 2 N–H and O–H groups in total. The number of aromatic carboxylic acids is 1. The number of aromatic amines is 1. The number of rotatable bonds is 2. The molecule has 0 bridgehead atoms. The van der Waals surface area contributed by atoms with Crippen LogP contribution in [0.1, 0.15) is 10.4 Å². The van der Waals surface area contributed by atoms with Crippen LogP contribution in [0.3, 0.4) is 0 Å². The zero-order chi connectivity index (χ0) is 11.5. The van der Waals surface area contributed by atoms with Gasteiger partial charge in [0.15, 0.2) is 0 Å². The van der Waals surface area contributed by atoms with E-state index in [0.29, 0.717) is 11.1 Å². The van der Waals surface area contributed by atoms with E-state index in [0.717, 1.165) is 0 Å². The van der Waals surface area contributed by atoms with Gasteiger partial charge in [0.2, 0.25) is 0 Å². The number of nitrogens with one attached hydrogen (secondary N) is 1. The third-order valence-electron chi connectivity index (χ3n) is 2.11. The molecule has 0 saturated carbocycles. The highest BCUT2D eigenvalue weighted by Gasteiger charge is 2.05. The van der Waals surface area contributed by atoms with E-state index in [4.69, 9.17) is 5.11 Å². The Morgan fingerprint density at radius 2 is 2.06 bits per heavy atom. The first-order valence-corrected chi connectivity index (χ1v) is 4.55. The Labute approximate surface area is 90.4 Å². The van der Waals surface area contributed by atoms with Crippen LogP contribution in [0.15, 0.2) is 41.3 Å². The van der Waals surface area contributed by atoms with E-state index in [2.05, 4.69) is 10.2 Å². The van der Waals surface area contributed by atoms with Crippen LogP contribution >= 0.6 is 0 Å². The monoisotopic (exact) mass is 216 g/mol. The van der Waals surface area contributed by atoms with Crippen molar-refractivity contribution in [1.29, 1.82) is 0 Å². The summed E-state index contributed by atoms with van der Waals surface area (Å²) in [7, 11) is 0. The fourth-order valence-corrected chi connectivity index (χ4v) is 1.37. The molecule has 0 aliphatic heterocycles. The summed E-state index contributed by atoms with van der Waals surface area (Å²) in [5.41, 5.74) is 1.10. The summed E-state index contributed by atoms with van der Waals surface area (Å²) < 4.78 is 0. The zero-order valence-electron chi connectivity index (χ0n) is 8.18. The van der Waals surface area contributed by atoms with E-state index in [1.54, 1.807) is 12.1 Å². The molecule has 1 aromatic carbocycles. The maximum atomic E-state index is 11.0. The first kappa shape index (κ1) is 10.1. The molecule has 0 radical (unpaired) electrons. The van der Waals surface area contributed by atoms with E-state index in [9.17, 15) is 9.59 Å². The van der Waals surface area contributed by atoms with Crippen LogP contribution < -0.4 is 5.56 Å². The minimum Gasteiger partial charge on any atom is -0.478 e. The summed E-state index contributed by atoms with van der Waals surface area (Å²) in [5, 5.41) is 14.7. The standard InChI is InChI=1S/C11H8N2O3/c14-10-5-9(6-12-13-10)7-2-1-3-8(4-7)11(15)16/h1-6H,(H,13,14)(H,15,16). The highest BCUT2D eigenvalue weighted by Crippen LogP contribution is 2.17. The van der Waals surface area contributed by atoms with Gasteiger partial charge in [0.25, 0.3) is 5.56 Å². The van der Waals surface area contributed by atoms with Crippen molar-refractivity contribution in [3.05, 3.63) is 52.4 Å². The van der Waals surface area contributed by atoms with E-state index in [1.165, 1.54) is 24.4 Å². The molecule has 0 atom stereocenters. The molecular weight excluding hydrogens is 208 g/mol. The Hall–Kier alpha value is -2.43. The maximum absolute atomic E-state index is 11.0. The number of H-pyrrole nitrogens is 1. The largest absolute Gasteiger partial charge is 0.478 e. The average Bonchev–Trinajstić information content (AvgIpc) is 2.29. The lowest BCUT2D eigenvalue weighted by Crippen LogP contribution is -2.05. The Kier molecular flexibility index (Phi) is 2.51. The highest BCUT2D eigenvalue weighted by atomic mass is 16.4. The van der Waals surface area contributed by atoms with Gasteiger partial charge in [0.05, 0.1) is 11.8 Å². The number of aromatic nitrogens is 2. The molecule has 2 aromatic rings. The Morgan fingerprint density at radius 3 is 2.75 bits per heavy atom. The van der Waals surface area contributed by atoms with Gasteiger partial charge in [0, 0.05) is 11.6 Å². The van der Waals surface area contributed by atoms with Gasteiger partial charge in [-0.05, 0) is 17.7 Å². The van der Waals surface area contributed by atoms with Crippen LogP contribution in [0, 0.1) is 0 Å². The topological polar surface area (TPSA) is 83.0 Å². The van der Waals surface area contributed by atoms with Crippen LogP contribution in [0.4, 0.5) is 0 Å². The minimum absolute atomic E-state index is 0.179. The minimum atomic E-state index is -1.00. The molecule has 1 aromatic heterocycles. The van der Waals surface area contributed by atoms with Gasteiger partial charge in [-0.2, -0.15) is 5.10 Å². The van der Waals surface area contributed by atoms with Crippen molar-refractivity contribution in [2.24, 2.45) is 0 Å². The predicted molar refractivity (Wildman–Crippen MR) is 57.3 cm³/mol. The van der Waals surface area contributed by atoms with Gasteiger partial charge >= 0.3 is 5.97 Å². The van der Waals surface area contributed by atoms with Gasteiger partial charge in [-0.1, -0.05) is 12.1 Å². The lowest BCUT2D eigenvalue weighted by atomic mass is 10.1. The van der Waals surface area contributed by atoms with Gasteiger partial charge in [-0.3, -0.25) is 4.79 Å². The molecule has 80 valence electrons. The van der Waals surface area contributed by atoms with Gasteiger partial charge < -0.3 is 5.11 Å². The molecule has 0 aliphatic carbocycles. The summed E-state index contributed by atoms with van der Waals surface area (Å²) >= 11 is 0. The summed E-state index contributed by atoms with van der Waals surface area (Å²) in [5.74, 6) is -1.00. The molecule has 16 heavy (non-hydrogen) atoms. The summed E-state index contributed by atoms with van der Waals surface area (Å²) in [6, 6.07) is 7.71. The fourth-order valence-electron chi connectivity index (χ4n) is 1.37. The van der Waals surface area contributed by atoms with Crippen molar-refractivity contribution in [2.45, 2.75) is 0 Å². The van der Waals surface area contributed by atoms with Crippen LogP contribution in [-0.2, 0) is 0 Å². The lowest BCUT2D eigenvalue weighted by Gasteiger charge is -2.01. The highest BCUT2D eigenvalue weighted by molar-refractivity contribution is 5.89. The van der Waals surface area contributed by atoms with Gasteiger partial charge in [-0.15, -0.1) is 0 Å². The second-order valence-corrected chi connectivity index (χ2v) is 3.22. The number of carbonyl (C=O) groups is 1. The van der Waals surface area contributed by atoms with Crippen LogP contribution in [0.5, 0.6) is 0 Å². The molecule has 0 saturated heterocycles. The third kappa shape index (κ3) is 1.98. The van der Waals surface area contributed by atoms with Crippen LogP contribution in [-0.4, -0.2) is 21.3 Å². The molecule has 0 aliphatic rings. The van der Waals surface area contributed by atoms with E-state index in [-0.39, 0.29) is 11.1 Å². The Balaban J connectivity index is 2.52. The summed E-state index contributed by atoms with van der Waals surface area (Å²) in [6.07, 6.45) is 1.47. The maximum Gasteiger partial charge on any atom is 0.335 e. The molecule has 5 heteroatoms. The second-order valence-electron chi connectivity index (χ2n) is 3.22. The SMILES string of the molecule is O=C(O)c1cccc(-c2cn[nH]c(=O)c2)c1. The molecular formula is C11H8N2O3. The van der Waals surface area contributed by atoms with Gasteiger partial charge in [0.1, 0.15) is 0 Å². The molecule has 0 unspecified atom stereocenters. The predicted octanol–water partition coefficient (Wildman–Crippen LogP) is 1.14. The normalized spacial score (nSPS) is 10.0. The van der Waals surface area contributed by atoms with E-state index >= 15 is 0 Å². The number of benzene rings is 1. The van der Waals surface area contributed by atoms with Crippen molar-refractivity contribution in [3.63, 3.8) is 0 Å². The molecule has 0 spiro atoms. The quantitative estimate of drug-likeness (QED) is 0.788. The van der Waals surface area contributed by atoms with Crippen molar-refractivity contribution in [1.82, 2.24) is 10.2 Å². The molecule has 0 amide bonds. The average molecular weight is 216 g/mol. The zero-order valence-corrected chi connectivity index (χ0v) is 8.18. The fraction of sp³-hybridized carbons (Fsp3) is 0. The Morgan fingerprint density at radius 1 is 1.25 bits per heavy atom. The van der Waals surface area contributed by atoms with Crippen LogP contribution in [0.2, 0.25) is 0 Å².